The van der Waals surface area contributed by atoms with Crippen molar-refractivity contribution in [2.24, 2.45) is 0 Å². The quantitative estimate of drug-likeness (QED) is 0.730. The largest absolute Gasteiger partial charge is 0.494 e. The second kappa shape index (κ2) is 8.77. The Morgan fingerprint density at radius 1 is 1.10 bits per heavy atom. The number of hydrogen-bond acceptors (Lipinski definition) is 5. The van der Waals surface area contributed by atoms with Crippen molar-refractivity contribution in [1.29, 1.82) is 0 Å². The van der Waals surface area contributed by atoms with Crippen LogP contribution in [0.1, 0.15) is 30.1 Å². The first-order chi connectivity index (χ1) is 13.9. The average Bonchev–Trinajstić information content (AvgIpc) is 3.00. The van der Waals surface area contributed by atoms with Gasteiger partial charge < -0.3 is 15.0 Å². The number of rotatable bonds is 7. The molecule has 2 aromatic rings. The zero-order valence-electron chi connectivity index (χ0n) is 16.8. The summed E-state index contributed by atoms with van der Waals surface area (Å²) in [5.41, 5.74) is 1.76. The van der Waals surface area contributed by atoms with Crippen molar-refractivity contribution < 1.29 is 19.1 Å². The predicted molar refractivity (Wildman–Crippen MR) is 111 cm³/mol. The SMILES string of the molecule is CCCOc1ccc(N2C(=O)C[C@@H](Nc3ccc(C(=O)N(C)C)cc3)C2=O)cc1. The van der Waals surface area contributed by atoms with Gasteiger partial charge in [0.25, 0.3) is 11.8 Å². The standard InChI is InChI=1S/C22H25N3O4/c1-4-13-29-18-11-9-17(10-12-18)25-20(26)14-19(22(25)28)23-16-7-5-15(6-8-16)21(27)24(2)3/h5-12,19,23H,4,13-14H2,1-3H3/t19-/m1/s1. The molecular formula is C22H25N3O4. The lowest BCUT2D eigenvalue weighted by Crippen LogP contribution is -2.34. The normalized spacial score (nSPS) is 16.1. The van der Waals surface area contributed by atoms with Crippen LogP contribution in [0.5, 0.6) is 5.75 Å². The molecule has 152 valence electrons. The van der Waals surface area contributed by atoms with Gasteiger partial charge in [-0.3, -0.25) is 14.4 Å². The van der Waals surface area contributed by atoms with E-state index in [0.29, 0.717) is 29.3 Å². The van der Waals surface area contributed by atoms with Crippen molar-refractivity contribution in [2.75, 3.05) is 30.9 Å². The third kappa shape index (κ3) is 4.56. The van der Waals surface area contributed by atoms with Crippen molar-refractivity contribution in [3.63, 3.8) is 0 Å². The van der Waals surface area contributed by atoms with Gasteiger partial charge in [0.15, 0.2) is 0 Å². The Labute approximate surface area is 170 Å². The molecular weight excluding hydrogens is 370 g/mol. The van der Waals surface area contributed by atoms with E-state index in [0.717, 1.165) is 6.42 Å². The van der Waals surface area contributed by atoms with Gasteiger partial charge in [-0.1, -0.05) is 6.92 Å². The van der Waals surface area contributed by atoms with Crippen LogP contribution in [-0.2, 0) is 9.59 Å². The Balaban J connectivity index is 1.68. The van der Waals surface area contributed by atoms with Crippen LogP contribution in [0.2, 0.25) is 0 Å². The van der Waals surface area contributed by atoms with Crippen molar-refractivity contribution in [3.05, 3.63) is 54.1 Å². The first kappa shape index (κ1) is 20.4. The molecule has 3 rings (SSSR count). The first-order valence-electron chi connectivity index (χ1n) is 9.58. The highest BCUT2D eigenvalue weighted by Crippen LogP contribution is 2.27. The van der Waals surface area contributed by atoms with Crippen molar-refractivity contribution in [3.8, 4) is 5.75 Å². The number of carbonyl (C=O) groups excluding carboxylic acids is 3. The zero-order chi connectivity index (χ0) is 21.0. The molecule has 0 unspecified atom stereocenters. The minimum Gasteiger partial charge on any atom is -0.494 e. The van der Waals surface area contributed by atoms with Crippen molar-refractivity contribution >= 4 is 29.1 Å². The number of anilines is 2. The lowest BCUT2D eigenvalue weighted by atomic mass is 10.1. The molecule has 7 nitrogen and oxygen atoms in total. The van der Waals surface area contributed by atoms with Crippen molar-refractivity contribution in [1.82, 2.24) is 4.90 Å². The van der Waals surface area contributed by atoms with E-state index in [2.05, 4.69) is 5.32 Å². The molecule has 1 N–H and O–H groups in total. The highest BCUT2D eigenvalue weighted by molar-refractivity contribution is 6.23. The average molecular weight is 395 g/mol. The Morgan fingerprint density at radius 2 is 1.76 bits per heavy atom. The van der Waals surface area contributed by atoms with Gasteiger partial charge in [-0.25, -0.2) is 4.90 Å². The zero-order valence-corrected chi connectivity index (χ0v) is 16.8. The molecule has 1 fully saturated rings. The van der Waals surface area contributed by atoms with Crippen LogP contribution in [0.3, 0.4) is 0 Å². The molecule has 7 heteroatoms. The number of hydrogen-bond donors (Lipinski definition) is 1. The van der Waals surface area contributed by atoms with Gasteiger partial charge in [0.2, 0.25) is 5.91 Å². The number of nitrogens with zero attached hydrogens (tertiary/aromatic N) is 2. The monoisotopic (exact) mass is 395 g/mol. The van der Waals surface area contributed by atoms with E-state index < -0.39 is 6.04 Å². The van der Waals surface area contributed by atoms with E-state index in [9.17, 15) is 14.4 Å². The van der Waals surface area contributed by atoms with Crippen LogP contribution in [0.15, 0.2) is 48.5 Å². The third-order valence-electron chi connectivity index (χ3n) is 4.59. The van der Waals surface area contributed by atoms with Gasteiger partial charge in [-0.05, 0) is 55.0 Å². The smallest absolute Gasteiger partial charge is 0.256 e. The summed E-state index contributed by atoms with van der Waals surface area (Å²) in [5, 5.41) is 3.09. The minimum absolute atomic E-state index is 0.0747. The molecule has 29 heavy (non-hydrogen) atoms. The maximum Gasteiger partial charge on any atom is 0.256 e. The van der Waals surface area contributed by atoms with Crippen LogP contribution >= 0.6 is 0 Å². The van der Waals surface area contributed by atoms with E-state index in [1.165, 1.54) is 9.80 Å². The highest BCUT2D eigenvalue weighted by Gasteiger charge is 2.39. The lowest BCUT2D eigenvalue weighted by molar-refractivity contribution is -0.121. The molecule has 2 aromatic carbocycles. The topological polar surface area (TPSA) is 79.0 Å². The van der Waals surface area contributed by atoms with E-state index in [1.807, 2.05) is 6.92 Å². The maximum atomic E-state index is 12.8. The second-order valence-electron chi connectivity index (χ2n) is 7.09. The fraction of sp³-hybridized carbons (Fsp3) is 0.318. The van der Waals surface area contributed by atoms with Crippen molar-refractivity contribution in [2.45, 2.75) is 25.8 Å². The molecule has 1 saturated heterocycles. The number of benzene rings is 2. The second-order valence-corrected chi connectivity index (χ2v) is 7.09. The summed E-state index contributed by atoms with van der Waals surface area (Å²) < 4.78 is 5.54. The molecule has 1 heterocycles. The Hall–Kier alpha value is -3.35. The molecule has 0 saturated carbocycles. The molecule has 1 aliphatic rings. The summed E-state index contributed by atoms with van der Waals surface area (Å²) in [6.45, 7) is 2.64. The Kier molecular flexibility index (Phi) is 6.16. The predicted octanol–water partition coefficient (Wildman–Crippen LogP) is 2.92. The fourth-order valence-electron chi connectivity index (χ4n) is 3.10. The van der Waals surface area contributed by atoms with Gasteiger partial charge in [-0.15, -0.1) is 0 Å². The van der Waals surface area contributed by atoms with Crippen LogP contribution in [0.4, 0.5) is 11.4 Å². The first-order valence-corrected chi connectivity index (χ1v) is 9.58. The molecule has 1 atom stereocenters. The summed E-state index contributed by atoms with van der Waals surface area (Å²) in [6, 6.07) is 13.1. The number of ether oxygens (including phenoxy) is 1. The number of carbonyl (C=O) groups is 3. The minimum atomic E-state index is -0.645. The fourth-order valence-corrected chi connectivity index (χ4v) is 3.10. The van der Waals surface area contributed by atoms with E-state index in [1.54, 1.807) is 62.6 Å². The van der Waals surface area contributed by atoms with Gasteiger partial charge in [0.05, 0.1) is 18.7 Å². The molecule has 0 radical (unpaired) electrons. The van der Waals surface area contributed by atoms with E-state index in [4.69, 9.17) is 4.74 Å². The highest BCUT2D eigenvalue weighted by atomic mass is 16.5. The van der Waals surface area contributed by atoms with Crippen LogP contribution in [0, 0.1) is 0 Å². The molecule has 0 aromatic heterocycles. The molecule has 1 aliphatic heterocycles. The van der Waals surface area contributed by atoms with E-state index in [-0.39, 0.29) is 24.1 Å². The molecule has 0 spiro atoms. The summed E-state index contributed by atoms with van der Waals surface area (Å²) in [5.74, 6) is 0.0535. The van der Waals surface area contributed by atoms with Crippen LogP contribution in [0.25, 0.3) is 0 Å². The van der Waals surface area contributed by atoms with E-state index >= 15 is 0 Å². The number of imide groups is 1. The number of nitrogens with one attached hydrogen (secondary N) is 1. The third-order valence-corrected chi connectivity index (χ3v) is 4.59. The van der Waals surface area contributed by atoms with Gasteiger partial charge in [0, 0.05) is 25.3 Å². The molecule has 0 bridgehead atoms. The lowest BCUT2D eigenvalue weighted by Gasteiger charge is -2.17. The van der Waals surface area contributed by atoms with Gasteiger partial charge >= 0.3 is 0 Å². The van der Waals surface area contributed by atoms with Gasteiger partial charge in [-0.2, -0.15) is 0 Å². The maximum absolute atomic E-state index is 12.8. The summed E-state index contributed by atoms with van der Waals surface area (Å²) in [7, 11) is 3.38. The molecule has 3 amide bonds. The Bertz CT molecular complexity index is 891. The molecule has 0 aliphatic carbocycles. The summed E-state index contributed by atoms with van der Waals surface area (Å²) in [4.78, 5) is 39.9. The summed E-state index contributed by atoms with van der Waals surface area (Å²) >= 11 is 0. The summed E-state index contributed by atoms with van der Waals surface area (Å²) in [6.07, 6.45) is 0.980. The Morgan fingerprint density at radius 3 is 2.34 bits per heavy atom. The van der Waals surface area contributed by atoms with Gasteiger partial charge in [0.1, 0.15) is 11.8 Å². The number of amides is 3. The van der Waals surface area contributed by atoms with Crippen LogP contribution in [-0.4, -0.2) is 49.4 Å². The van der Waals surface area contributed by atoms with Crippen LogP contribution < -0.4 is 15.0 Å².